The fourth-order valence-corrected chi connectivity index (χ4v) is 6.65. The second kappa shape index (κ2) is 11.9. The molecule has 0 bridgehead atoms. The lowest BCUT2D eigenvalue weighted by molar-refractivity contribution is -0.142. The van der Waals surface area contributed by atoms with Crippen molar-refractivity contribution in [2.75, 3.05) is 31.1 Å². The number of alkyl halides is 3. The van der Waals surface area contributed by atoms with E-state index in [1.54, 1.807) is 24.5 Å². The van der Waals surface area contributed by atoms with Crippen molar-refractivity contribution in [3.63, 3.8) is 0 Å². The highest BCUT2D eigenvalue weighted by Gasteiger charge is 2.43. The molecule has 2 fully saturated rings. The molecule has 1 aromatic carbocycles. The molecule has 2 aromatic heterocycles. The zero-order chi connectivity index (χ0) is 30.3. The van der Waals surface area contributed by atoms with Gasteiger partial charge in [0.1, 0.15) is 11.6 Å². The number of aryl methyl sites for hydroxylation is 1. The van der Waals surface area contributed by atoms with E-state index in [-0.39, 0.29) is 43.0 Å². The molecule has 43 heavy (non-hydrogen) atoms. The second-order valence-corrected chi connectivity index (χ2v) is 12.1. The number of hydrogen-bond acceptors (Lipinski definition) is 6. The van der Waals surface area contributed by atoms with Gasteiger partial charge < -0.3 is 14.5 Å². The SMILES string of the molecule is Cn1nc(C(F)(F)F)c2c1CN(C(=O)Cc1ccc(OCC[C@@H]3CC3C3CCN(c4ncc(Cl)cn4)CC3)cc1F)CC2. The summed E-state index contributed by atoms with van der Waals surface area (Å²) in [6.07, 6.45) is 2.89. The van der Waals surface area contributed by atoms with Crippen LogP contribution < -0.4 is 9.64 Å². The fraction of sp³-hybridized carbons (Fsp3) is 0.533. The Balaban J connectivity index is 0.941. The minimum absolute atomic E-state index is 0.00853. The molecule has 1 saturated heterocycles. The van der Waals surface area contributed by atoms with E-state index >= 15 is 0 Å². The third-order valence-corrected chi connectivity index (χ3v) is 9.20. The number of aromatic nitrogens is 4. The van der Waals surface area contributed by atoms with Gasteiger partial charge in [0, 0.05) is 38.3 Å². The van der Waals surface area contributed by atoms with Crippen molar-refractivity contribution in [1.29, 1.82) is 0 Å². The first-order chi connectivity index (χ1) is 20.6. The number of benzene rings is 1. The van der Waals surface area contributed by atoms with E-state index in [2.05, 4.69) is 20.0 Å². The van der Waals surface area contributed by atoms with Crippen LogP contribution in [0.1, 0.15) is 48.2 Å². The summed E-state index contributed by atoms with van der Waals surface area (Å²) in [5.74, 6) is 2.24. The van der Waals surface area contributed by atoms with Crippen molar-refractivity contribution in [2.24, 2.45) is 24.8 Å². The summed E-state index contributed by atoms with van der Waals surface area (Å²) >= 11 is 5.89. The summed E-state index contributed by atoms with van der Waals surface area (Å²) in [6.45, 7) is 2.50. The Hall–Kier alpha value is -3.41. The summed E-state index contributed by atoms with van der Waals surface area (Å²) in [5, 5.41) is 4.15. The molecule has 3 aromatic rings. The molecule has 0 spiro atoms. The Morgan fingerprint density at radius 1 is 1.14 bits per heavy atom. The van der Waals surface area contributed by atoms with Crippen molar-refractivity contribution in [2.45, 2.75) is 51.2 Å². The van der Waals surface area contributed by atoms with Crippen LogP contribution in [0.5, 0.6) is 5.75 Å². The van der Waals surface area contributed by atoms with Gasteiger partial charge in [-0.1, -0.05) is 17.7 Å². The van der Waals surface area contributed by atoms with Crippen LogP contribution in [0.25, 0.3) is 0 Å². The van der Waals surface area contributed by atoms with Crippen molar-refractivity contribution in [1.82, 2.24) is 24.6 Å². The molecule has 8 nitrogen and oxygen atoms in total. The number of rotatable bonds is 8. The van der Waals surface area contributed by atoms with Gasteiger partial charge in [0.15, 0.2) is 5.69 Å². The molecule has 230 valence electrons. The number of halogens is 5. The molecule has 6 rings (SSSR count). The molecule has 1 saturated carbocycles. The Kier molecular flexibility index (Phi) is 8.23. The number of ether oxygens (including phenoxy) is 1. The van der Waals surface area contributed by atoms with Crippen molar-refractivity contribution in [3.05, 3.63) is 63.9 Å². The quantitative estimate of drug-likeness (QED) is 0.311. The molecular weight excluding hydrogens is 588 g/mol. The Morgan fingerprint density at radius 2 is 1.88 bits per heavy atom. The third-order valence-electron chi connectivity index (χ3n) is 9.00. The zero-order valence-corrected chi connectivity index (χ0v) is 24.5. The van der Waals surface area contributed by atoms with Gasteiger partial charge in [-0.3, -0.25) is 9.48 Å². The minimum atomic E-state index is -4.54. The molecule has 4 heterocycles. The van der Waals surface area contributed by atoms with Crippen LogP contribution in [-0.4, -0.2) is 56.8 Å². The van der Waals surface area contributed by atoms with E-state index in [0.717, 1.165) is 38.3 Å². The number of carbonyl (C=O) groups excluding carboxylic acids is 1. The molecule has 13 heteroatoms. The van der Waals surface area contributed by atoms with E-state index in [9.17, 15) is 22.4 Å². The molecule has 0 N–H and O–H groups in total. The summed E-state index contributed by atoms with van der Waals surface area (Å²) in [6, 6.07) is 4.50. The van der Waals surface area contributed by atoms with Gasteiger partial charge >= 0.3 is 6.18 Å². The summed E-state index contributed by atoms with van der Waals surface area (Å²) in [7, 11) is 1.44. The lowest BCUT2D eigenvalue weighted by Gasteiger charge is -2.32. The average Bonchev–Trinajstić information content (AvgIpc) is 3.68. The van der Waals surface area contributed by atoms with Crippen LogP contribution in [0.2, 0.25) is 5.02 Å². The van der Waals surface area contributed by atoms with E-state index in [1.165, 1.54) is 29.1 Å². The maximum Gasteiger partial charge on any atom is 0.435 e. The number of fused-ring (bicyclic) bond motifs is 1. The van der Waals surface area contributed by atoms with Crippen LogP contribution in [0, 0.1) is 23.6 Å². The minimum Gasteiger partial charge on any atom is -0.493 e. The largest absolute Gasteiger partial charge is 0.493 e. The zero-order valence-electron chi connectivity index (χ0n) is 23.8. The van der Waals surface area contributed by atoms with Gasteiger partial charge in [0.2, 0.25) is 11.9 Å². The van der Waals surface area contributed by atoms with Crippen LogP contribution in [0.4, 0.5) is 23.5 Å². The third kappa shape index (κ3) is 6.58. The molecule has 2 atom stereocenters. The Labute approximate surface area is 252 Å². The monoisotopic (exact) mass is 620 g/mol. The average molecular weight is 621 g/mol. The summed E-state index contributed by atoms with van der Waals surface area (Å²) < 4.78 is 61.7. The summed E-state index contributed by atoms with van der Waals surface area (Å²) in [4.78, 5) is 25.2. The molecule has 3 aliphatic rings. The number of hydrogen-bond donors (Lipinski definition) is 0. The van der Waals surface area contributed by atoms with E-state index < -0.39 is 17.7 Å². The number of piperidine rings is 1. The molecule has 1 unspecified atom stereocenters. The van der Waals surface area contributed by atoms with Crippen molar-refractivity contribution < 1.29 is 27.1 Å². The summed E-state index contributed by atoms with van der Waals surface area (Å²) in [5.41, 5.74) is -0.199. The lowest BCUT2D eigenvalue weighted by Crippen LogP contribution is -2.37. The van der Waals surface area contributed by atoms with Crippen molar-refractivity contribution in [3.8, 4) is 5.75 Å². The maximum absolute atomic E-state index is 14.9. The van der Waals surface area contributed by atoms with Gasteiger partial charge in [-0.15, -0.1) is 0 Å². The van der Waals surface area contributed by atoms with E-state index in [4.69, 9.17) is 16.3 Å². The van der Waals surface area contributed by atoms with Gasteiger partial charge in [0.05, 0.1) is 42.7 Å². The van der Waals surface area contributed by atoms with Gasteiger partial charge in [-0.2, -0.15) is 18.3 Å². The normalized spacial score (nSPS) is 20.7. The maximum atomic E-state index is 14.9. The van der Waals surface area contributed by atoms with E-state index in [1.807, 2.05) is 0 Å². The predicted octanol–water partition coefficient (Wildman–Crippen LogP) is 5.47. The van der Waals surface area contributed by atoms with Crippen molar-refractivity contribution >= 4 is 23.5 Å². The highest BCUT2D eigenvalue weighted by atomic mass is 35.5. The first-order valence-electron chi connectivity index (χ1n) is 14.6. The standard InChI is InChI=1S/C30H33ClF4N6O2/c1-39-26-17-41(10-6-23(26)28(38-39)30(33,34)35)27(42)13-20-2-3-22(14-25(20)32)43-11-7-19-12-24(19)18-4-8-40(9-5-18)29-36-15-21(31)16-37-29/h2-3,14-16,18-19,24H,4-13,17H2,1H3/t19-,24?/m1/s1. The van der Waals surface area contributed by atoms with Crippen LogP contribution in [0.15, 0.2) is 30.6 Å². The number of nitrogens with zero attached hydrogens (tertiary/aromatic N) is 6. The molecule has 2 aliphatic heterocycles. The first-order valence-corrected chi connectivity index (χ1v) is 15.0. The van der Waals surface area contributed by atoms with Crippen LogP contribution in [0.3, 0.4) is 0 Å². The van der Waals surface area contributed by atoms with Gasteiger partial charge in [-0.05, 0) is 61.5 Å². The van der Waals surface area contributed by atoms with Crippen LogP contribution in [-0.2, 0) is 37.4 Å². The first kappa shape index (κ1) is 29.7. The Bertz CT molecular complexity index is 1470. The molecular formula is C30H33ClF4N6O2. The van der Waals surface area contributed by atoms with Gasteiger partial charge in [0.25, 0.3) is 0 Å². The number of anilines is 1. The van der Waals surface area contributed by atoms with Crippen LogP contribution >= 0.6 is 11.6 Å². The van der Waals surface area contributed by atoms with E-state index in [0.29, 0.717) is 40.8 Å². The molecule has 1 aliphatic carbocycles. The Morgan fingerprint density at radius 3 is 2.58 bits per heavy atom. The second-order valence-electron chi connectivity index (χ2n) is 11.7. The lowest BCUT2D eigenvalue weighted by atomic mass is 9.90. The number of carbonyl (C=O) groups is 1. The molecule has 0 radical (unpaired) electrons. The topological polar surface area (TPSA) is 76.4 Å². The van der Waals surface area contributed by atoms with Gasteiger partial charge in [-0.25, -0.2) is 14.4 Å². The number of amides is 1. The molecule has 1 amide bonds. The highest BCUT2D eigenvalue weighted by Crippen LogP contribution is 2.50. The smallest absolute Gasteiger partial charge is 0.435 e. The predicted molar refractivity (Wildman–Crippen MR) is 151 cm³/mol. The fourth-order valence-electron chi connectivity index (χ4n) is 6.55. The highest BCUT2D eigenvalue weighted by molar-refractivity contribution is 6.30.